The molecule has 1 fully saturated rings. The van der Waals surface area contributed by atoms with Crippen LogP contribution in [0.4, 0.5) is 8.78 Å². The number of rotatable bonds is 2. The van der Waals surface area contributed by atoms with Crippen LogP contribution in [0.25, 0.3) is 22.2 Å². The van der Waals surface area contributed by atoms with Gasteiger partial charge in [0.2, 0.25) is 0 Å². The Morgan fingerprint density at radius 2 is 2.00 bits per heavy atom. The number of carbonyl (C=O) groups is 1. The number of nitrogens with one attached hydrogen (secondary N) is 2. The number of halogens is 2. The van der Waals surface area contributed by atoms with Gasteiger partial charge in [-0.25, -0.2) is 8.78 Å². The summed E-state index contributed by atoms with van der Waals surface area (Å²) in [7, 11) is 0. The van der Waals surface area contributed by atoms with Gasteiger partial charge in [-0.1, -0.05) is 12.1 Å². The fraction of sp³-hybridized carbons (Fsp3) is 0.286. The van der Waals surface area contributed by atoms with Crippen molar-refractivity contribution in [1.82, 2.24) is 10.3 Å². The molecular formula is C21H18F2N2O2. The first-order valence-electron chi connectivity index (χ1n) is 9.10. The number of ketones is 1. The third-order valence-corrected chi connectivity index (χ3v) is 5.47. The van der Waals surface area contributed by atoms with Crippen LogP contribution in [-0.4, -0.2) is 23.9 Å². The van der Waals surface area contributed by atoms with E-state index in [9.17, 15) is 13.6 Å². The van der Waals surface area contributed by atoms with Crippen LogP contribution >= 0.6 is 0 Å². The van der Waals surface area contributed by atoms with Gasteiger partial charge in [-0.3, -0.25) is 4.79 Å². The summed E-state index contributed by atoms with van der Waals surface area (Å²) < 4.78 is 34.2. The molecule has 5 rings (SSSR count). The highest BCUT2D eigenvalue weighted by atomic mass is 19.1. The first-order chi connectivity index (χ1) is 13.1. The second-order valence-corrected chi connectivity index (χ2v) is 7.16. The molecule has 0 saturated carbocycles. The lowest BCUT2D eigenvalue weighted by Gasteiger charge is -2.13. The van der Waals surface area contributed by atoms with E-state index in [0.717, 1.165) is 24.9 Å². The van der Waals surface area contributed by atoms with E-state index in [2.05, 4.69) is 10.3 Å². The van der Waals surface area contributed by atoms with Crippen molar-refractivity contribution in [2.24, 2.45) is 0 Å². The Labute approximate surface area is 154 Å². The van der Waals surface area contributed by atoms with Crippen LogP contribution in [0.3, 0.4) is 0 Å². The van der Waals surface area contributed by atoms with E-state index in [1.165, 1.54) is 18.2 Å². The number of aromatic amines is 1. The molecule has 2 aromatic carbocycles. The number of Topliss-reactive ketones (excluding diaryl/α,β-unsaturated/α-hetero) is 1. The van der Waals surface area contributed by atoms with Gasteiger partial charge < -0.3 is 15.0 Å². The van der Waals surface area contributed by atoms with Crippen molar-refractivity contribution in [2.45, 2.75) is 25.5 Å². The molecule has 6 heteroatoms. The topological polar surface area (TPSA) is 54.1 Å². The Morgan fingerprint density at radius 3 is 2.78 bits per heavy atom. The maximum Gasteiger partial charge on any atom is 0.189 e. The summed E-state index contributed by atoms with van der Waals surface area (Å²) in [6.07, 6.45) is 1.96. The lowest BCUT2D eigenvalue weighted by molar-refractivity contribution is 0.0742. The van der Waals surface area contributed by atoms with Crippen molar-refractivity contribution >= 4 is 16.7 Å². The molecule has 0 radical (unpaired) electrons. The summed E-state index contributed by atoms with van der Waals surface area (Å²) in [5.41, 5.74) is 3.58. The Hall–Kier alpha value is -2.57. The van der Waals surface area contributed by atoms with Gasteiger partial charge in [0.05, 0.1) is 12.3 Å². The van der Waals surface area contributed by atoms with Gasteiger partial charge in [0, 0.05) is 39.2 Å². The molecule has 3 heterocycles. The van der Waals surface area contributed by atoms with Crippen LogP contribution in [-0.2, 0) is 11.3 Å². The number of H-pyrrole nitrogens is 1. The third kappa shape index (κ3) is 2.67. The molecule has 1 aromatic heterocycles. The maximum absolute atomic E-state index is 14.8. The monoisotopic (exact) mass is 368 g/mol. The number of benzene rings is 2. The third-order valence-electron chi connectivity index (χ3n) is 5.47. The zero-order valence-corrected chi connectivity index (χ0v) is 14.6. The molecule has 0 aliphatic carbocycles. The molecule has 138 valence electrons. The fourth-order valence-corrected chi connectivity index (χ4v) is 4.22. The number of carbonyl (C=O) groups excluding carboxylic acids is 1. The van der Waals surface area contributed by atoms with E-state index in [1.54, 1.807) is 6.07 Å². The molecule has 4 nitrogen and oxygen atoms in total. The summed E-state index contributed by atoms with van der Waals surface area (Å²) in [5, 5.41) is 3.97. The Kier molecular flexibility index (Phi) is 3.84. The van der Waals surface area contributed by atoms with E-state index in [1.807, 2.05) is 6.07 Å². The van der Waals surface area contributed by atoms with Crippen LogP contribution in [0, 0.1) is 11.6 Å². The van der Waals surface area contributed by atoms with Crippen molar-refractivity contribution in [3.05, 3.63) is 58.7 Å². The first kappa shape index (κ1) is 16.6. The zero-order valence-electron chi connectivity index (χ0n) is 14.6. The molecule has 3 aromatic rings. The highest BCUT2D eigenvalue weighted by Crippen LogP contribution is 2.37. The summed E-state index contributed by atoms with van der Waals surface area (Å²) in [5.74, 6) is -1.01. The van der Waals surface area contributed by atoms with Crippen molar-refractivity contribution in [1.29, 1.82) is 0 Å². The molecule has 1 atom stereocenters. The van der Waals surface area contributed by atoms with Gasteiger partial charge in [0.25, 0.3) is 0 Å². The van der Waals surface area contributed by atoms with Gasteiger partial charge in [-0.05, 0) is 37.6 Å². The van der Waals surface area contributed by atoms with E-state index in [0.29, 0.717) is 33.3 Å². The van der Waals surface area contributed by atoms with E-state index in [-0.39, 0.29) is 30.9 Å². The lowest BCUT2D eigenvalue weighted by Crippen LogP contribution is -2.14. The van der Waals surface area contributed by atoms with Crippen molar-refractivity contribution in [3.8, 4) is 11.3 Å². The highest BCUT2D eigenvalue weighted by molar-refractivity contribution is 6.11. The molecule has 2 aliphatic rings. The lowest BCUT2D eigenvalue weighted by atomic mass is 9.98. The van der Waals surface area contributed by atoms with Crippen LogP contribution < -0.4 is 5.32 Å². The summed E-state index contributed by atoms with van der Waals surface area (Å²) >= 11 is 0. The number of hydrogen-bond acceptors (Lipinski definition) is 3. The highest BCUT2D eigenvalue weighted by Gasteiger charge is 2.25. The Bertz CT molecular complexity index is 1070. The quantitative estimate of drug-likeness (QED) is 0.711. The average molecular weight is 368 g/mol. The number of ether oxygens (including phenoxy) is 1. The summed E-state index contributed by atoms with van der Waals surface area (Å²) in [6.45, 7) is 1.03. The van der Waals surface area contributed by atoms with Gasteiger partial charge in [-0.15, -0.1) is 0 Å². The molecule has 27 heavy (non-hydrogen) atoms. The SMILES string of the molecule is O=C1COCc2c(-c3ccc([C@@H]4CCCN4)c(F)c3)[nH]c3cc(F)cc1c23. The fourth-order valence-electron chi connectivity index (χ4n) is 4.22. The molecule has 2 aliphatic heterocycles. The Balaban J connectivity index is 1.67. The van der Waals surface area contributed by atoms with Crippen LogP contribution in [0.15, 0.2) is 30.3 Å². The second-order valence-electron chi connectivity index (χ2n) is 7.16. The molecule has 0 unspecified atom stereocenters. The molecule has 0 amide bonds. The number of aromatic nitrogens is 1. The van der Waals surface area contributed by atoms with E-state index < -0.39 is 5.82 Å². The Morgan fingerprint density at radius 1 is 1.11 bits per heavy atom. The average Bonchev–Trinajstić information content (AvgIpc) is 3.25. The number of hydrogen-bond donors (Lipinski definition) is 2. The first-order valence-corrected chi connectivity index (χ1v) is 9.10. The molecule has 1 saturated heterocycles. The zero-order chi connectivity index (χ0) is 18.5. The van der Waals surface area contributed by atoms with E-state index >= 15 is 0 Å². The molecule has 2 N–H and O–H groups in total. The second kappa shape index (κ2) is 6.25. The molecule has 0 spiro atoms. The molecular weight excluding hydrogens is 350 g/mol. The summed E-state index contributed by atoms with van der Waals surface area (Å²) in [4.78, 5) is 15.4. The van der Waals surface area contributed by atoms with Crippen LogP contribution in [0.2, 0.25) is 0 Å². The predicted octanol–water partition coefficient (Wildman–Crippen LogP) is 4.25. The van der Waals surface area contributed by atoms with E-state index in [4.69, 9.17) is 4.74 Å². The minimum atomic E-state index is -0.485. The van der Waals surface area contributed by atoms with Crippen molar-refractivity contribution < 1.29 is 18.3 Å². The van der Waals surface area contributed by atoms with Crippen molar-refractivity contribution in [3.63, 3.8) is 0 Å². The van der Waals surface area contributed by atoms with Crippen LogP contribution in [0.5, 0.6) is 0 Å². The predicted molar refractivity (Wildman–Crippen MR) is 97.6 cm³/mol. The van der Waals surface area contributed by atoms with Gasteiger partial charge in [-0.2, -0.15) is 0 Å². The maximum atomic E-state index is 14.8. The van der Waals surface area contributed by atoms with Gasteiger partial charge in [0.15, 0.2) is 5.78 Å². The van der Waals surface area contributed by atoms with Crippen LogP contribution in [0.1, 0.15) is 40.4 Å². The van der Waals surface area contributed by atoms with Gasteiger partial charge in [0.1, 0.15) is 18.2 Å². The standard InChI is InChI=1S/C21H18F2N2O2/c22-12-7-14-19(26)10-27-9-15-20(14)18(8-12)25-21(15)11-3-4-13(16(23)6-11)17-2-1-5-24-17/h3-4,6-8,17,24-25H,1-2,5,9-10H2/t17-/m0/s1. The minimum Gasteiger partial charge on any atom is -0.369 e. The summed E-state index contributed by atoms with van der Waals surface area (Å²) in [6, 6.07) is 7.82. The van der Waals surface area contributed by atoms with Crippen molar-refractivity contribution in [2.75, 3.05) is 13.2 Å². The molecule has 0 bridgehead atoms. The smallest absolute Gasteiger partial charge is 0.189 e. The largest absolute Gasteiger partial charge is 0.369 e. The minimum absolute atomic E-state index is 0.0463. The normalized spacial score (nSPS) is 19.6. The van der Waals surface area contributed by atoms with Gasteiger partial charge >= 0.3 is 0 Å².